The van der Waals surface area contributed by atoms with Crippen LogP contribution in [0.15, 0.2) is 17.2 Å². The molecule has 1 aliphatic heterocycles. The largest absolute Gasteiger partial charge is 0.461 e. The second-order valence-electron chi connectivity index (χ2n) is 5.91. The number of halogens is 1. The highest BCUT2D eigenvalue weighted by Gasteiger charge is 2.24. The highest BCUT2D eigenvalue weighted by molar-refractivity contribution is 7.80. The zero-order chi connectivity index (χ0) is 18.7. The number of esters is 1. The Morgan fingerprint density at radius 1 is 1.35 bits per heavy atom. The Hall–Kier alpha value is -1.86. The minimum atomic E-state index is -0.440. The average molecular weight is 397 g/mol. The Kier molecular flexibility index (Phi) is 5.98. The lowest BCUT2D eigenvalue weighted by molar-refractivity contribution is 0.0509. The van der Waals surface area contributed by atoms with Crippen LogP contribution in [0.1, 0.15) is 48.6 Å². The topological polar surface area (TPSA) is 62.6 Å². The number of carbonyl (C=O) groups is 1. The average Bonchev–Trinajstić information content (AvgIpc) is 3.17. The molecule has 2 aromatic rings. The molecule has 1 aliphatic rings. The molecule has 0 fully saturated rings. The summed E-state index contributed by atoms with van der Waals surface area (Å²) in [6.07, 6.45) is 2.72. The molecule has 0 N–H and O–H groups in total. The maximum absolute atomic E-state index is 12.4. The van der Waals surface area contributed by atoms with E-state index in [4.69, 9.17) is 25.8 Å². The number of hydrogen-bond acceptors (Lipinski definition) is 6. The van der Waals surface area contributed by atoms with Crippen LogP contribution >= 0.6 is 24.2 Å². The van der Waals surface area contributed by atoms with E-state index in [1.165, 1.54) is 0 Å². The molecule has 0 spiro atoms. The Morgan fingerprint density at radius 3 is 2.77 bits per heavy atom. The maximum atomic E-state index is 12.4. The molecule has 1 aromatic heterocycles. The van der Waals surface area contributed by atoms with E-state index in [0.29, 0.717) is 33.8 Å². The van der Waals surface area contributed by atoms with Crippen LogP contribution in [0.3, 0.4) is 0 Å². The minimum absolute atomic E-state index is 0.177. The van der Waals surface area contributed by atoms with E-state index in [-0.39, 0.29) is 13.4 Å². The minimum Gasteiger partial charge on any atom is -0.461 e. The van der Waals surface area contributed by atoms with Gasteiger partial charge in [0.05, 0.1) is 13.2 Å². The van der Waals surface area contributed by atoms with Crippen molar-refractivity contribution in [3.8, 4) is 11.5 Å². The molecule has 0 saturated carbocycles. The van der Waals surface area contributed by atoms with E-state index in [9.17, 15) is 4.79 Å². The number of hydrogen-bond donors (Lipinski definition) is 1. The zero-order valence-corrected chi connectivity index (χ0v) is 16.4. The van der Waals surface area contributed by atoms with Crippen LogP contribution in [0, 0.1) is 0 Å². The molecule has 1 aromatic carbocycles. The lowest BCUT2D eigenvalue weighted by Crippen LogP contribution is -2.16. The number of aromatic nitrogens is 2. The summed E-state index contributed by atoms with van der Waals surface area (Å²) >= 11 is 10.8. The first-order chi connectivity index (χ1) is 12.5. The van der Waals surface area contributed by atoms with E-state index in [1.54, 1.807) is 13.0 Å². The highest BCUT2D eigenvalue weighted by Crippen LogP contribution is 2.37. The summed E-state index contributed by atoms with van der Waals surface area (Å²) in [5.74, 6) is 1.61. The fourth-order valence-electron chi connectivity index (χ4n) is 2.83. The Morgan fingerprint density at radius 2 is 2.08 bits per heavy atom. The molecular formula is C18H21ClN2O4S. The molecular weight excluding hydrogens is 376 g/mol. The summed E-state index contributed by atoms with van der Waals surface area (Å²) in [5.41, 5.74) is 1.15. The summed E-state index contributed by atoms with van der Waals surface area (Å²) in [6, 6.07) is 3.56. The molecule has 6 nitrogen and oxygen atoms in total. The van der Waals surface area contributed by atoms with Gasteiger partial charge in [-0.2, -0.15) is 0 Å². The fourth-order valence-corrected chi connectivity index (χ4v) is 3.37. The number of thiol groups is 1. The molecule has 0 saturated heterocycles. The number of ether oxygens (including phenoxy) is 3. The van der Waals surface area contributed by atoms with Crippen LogP contribution in [0.2, 0.25) is 5.02 Å². The molecule has 0 unspecified atom stereocenters. The third-order valence-corrected chi connectivity index (χ3v) is 4.78. The lowest BCUT2D eigenvalue weighted by atomic mass is 10.2. The smallest absolute Gasteiger partial charge is 0.357 e. The first kappa shape index (κ1) is 18.9. The standard InChI is InChI=1S/C18H21ClN2O4S/c1-3-5-6-15-20-17(26)16(18(22)23-4-2)21(15)9-11-7-13-14(8-12(11)19)25-10-24-13/h7-8,26H,3-6,9-10H2,1-2H3. The maximum Gasteiger partial charge on any atom is 0.357 e. The van der Waals surface area contributed by atoms with Crippen LogP contribution in [0.25, 0.3) is 0 Å². The van der Waals surface area contributed by atoms with E-state index in [0.717, 1.165) is 30.7 Å². The monoisotopic (exact) mass is 396 g/mol. The number of imidazole rings is 1. The van der Waals surface area contributed by atoms with Gasteiger partial charge in [-0.15, -0.1) is 12.6 Å². The van der Waals surface area contributed by atoms with Crippen molar-refractivity contribution in [2.45, 2.75) is 44.7 Å². The van der Waals surface area contributed by atoms with E-state index >= 15 is 0 Å². The lowest BCUT2D eigenvalue weighted by Gasteiger charge is -2.13. The van der Waals surface area contributed by atoms with Gasteiger partial charge in [0, 0.05) is 17.5 Å². The Bertz CT molecular complexity index is 822. The number of rotatable bonds is 7. The normalized spacial score (nSPS) is 12.5. The number of nitrogens with zero attached hydrogens (tertiary/aromatic N) is 2. The van der Waals surface area contributed by atoms with Crippen molar-refractivity contribution in [3.05, 3.63) is 34.2 Å². The Balaban J connectivity index is 2.00. The molecule has 0 aliphatic carbocycles. The van der Waals surface area contributed by atoms with Gasteiger partial charge in [-0.05, 0) is 25.0 Å². The Labute approximate surface area is 162 Å². The summed E-state index contributed by atoms with van der Waals surface area (Å²) in [7, 11) is 0. The van der Waals surface area contributed by atoms with E-state index in [1.807, 2.05) is 10.6 Å². The fraction of sp³-hybridized carbons (Fsp3) is 0.444. The second kappa shape index (κ2) is 8.22. The summed E-state index contributed by atoms with van der Waals surface area (Å²) in [5, 5.41) is 0.909. The van der Waals surface area contributed by atoms with Crippen LogP contribution < -0.4 is 9.47 Å². The van der Waals surface area contributed by atoms with Gasteiger partial charge in [0.2, 0.25) is 6.79 Å². The van der Waals surface area contributed by atoms with E-state index in [2.05, 4.69) is 24.5 Å². The number of benzene rings is 1. The van der Waals surface area contributed by atoms with Crippen LogP contribution in [0.4, 0.5) is 0 Å². The van der Waals surface area contributed by atoms with Crippen molar-refractivity contribution in [2.24, 2.45) is 0 Å². The van der Waals surface area contributed by atoms with Gasteiger partial charge >= 0.3 is 5.97 Å². The summed E-state index contributed by atoms with van der Waals surface area (Å²) in [6.45, 7) is 4.71. The molecule has 26 heavy (non-hydrogen) atoms. The van der Waals surface area contributed by atoms with Crippen molar-refractivity contribution in [3.63, 3.8) is 0 Å². The predicted octanol–water partition coefficient (Wildman–Crippen LogP) is 4.12. The number of carbonyl (C=O) groups excluding carboxylic acids is 1. The van der Waals surface area contributed by atoms with Crippen molar-refractivity contribution < 1.29 is 19.0 Å². The van der Waals surface area contributed by atoms with Gasteiger partial charge in [0.15, 0.2) is 17.2 Å². The first-order valence-electron chi connectivity index (χ1n) is 8.58. The van der Waals surface area contributed by atoms with Gasteiger partial charge in [-0.25, -0.2) is 9.78 Å². The number of aryl methyl sites for hydroxylation is 1. The summed E-state index contributed by atoms with van der Waals surface area (Å²) < 4.78 is 17.8. The SMILES string of the molecule is CCCCc1nc(S)c(C(=O)OCC)n1Cc1cc2c(cc1Cl)OCO2. The van der Waals surface area contributed by atoms with Crippen LogP contribution in [0.5, 0.6) is 11.5 Å². The molecule has 0 bridgehead atoms. The van der Waals surface area contributed by atoms with Crippen LogP contribution in [-0.2, 0) is 17.7 Å². The highest BCUT2D eigenvalue weighted by atomic mass is 35.5. The second-order valence-corrected chi connectivity index (χ2v) is 6.74. The van der Waals surface area contributed by atoms with E-state index < -0.39 is 5.97 Å². The quantitative estimate of drug-likeness (QED) is 0.563. The van der Waals surface area contributed by atoms with Crippen molar-refractivity contribution in [2.75, 3.05) is 13.4 Å². The summed E-state index contributed by atoms with van der Waals surface area (Å²) in [4.78, 5) is 16.9. The molecule has 2 heterocycles. The van der Waals surface area contributed by atoms with Gasteiger partial charge in [0.25, 0.3) is 0 Å². The van der Waals surface area contributed by atoms with Gasteiger partial charge in [-0.3, -0.25) is 0 Å². The molecule has 0 amide bonds. The molecule has 0 atom stereocenters. The molecule has 3 rings (SSSR count). The van der Waals surface area contributed by atoms with Crippen LogP contribution in [-0.4, -0.2) is 28.9 Å². The van der Waals surface area contributed by atoms with Crippen molar-refractivity contribution in [1.29, 1.82) is 0 Å². The van der Waals surface area contributed by atoms with Gasteiger partial charge < -0.3 is 18.8 Å². The first-order valence-corrected chi connectivity index (χ1v) is 9.41. The molecule has 140 valence electrons. The zero-order valence-electron chi connectivity index (χ0n) is 14.7. The predicted molar refractivity (Wildman–Crippen MR) is 101 cm³/mol. The van der Waals surface area contributed by atoms with Crippen molar-refractivity contribution >= 4 is 30.2 Å². The third kappa shape index (κ3) is 3.78. The van der Waals surface area contributed by atoms with Gasteiger partial charge in [-0.1, -0.05) is 24.9 Å². The number of unbranched alkanes of at least 4 members (excludes halogenated alkanes) is 1. The van der Waals surface area contributed by atoms with Gasteiger partial charge in [0.1, 0.15) is 10.9 Å². The molecule has 8 heteroatoms. The number of fused-ring (bicyclic) bond motifs is 1. The van der Waals surface area contributed by atoms with Crippen molar-refractivity contribution in [1.82, 2.24) is 9.55 Å². The third-order valence-electron chi connectivity index (χ3n) is 4.12. The molecule has 0 radical (unpaired) electrons.